The number of fused-ring (bicyclic) bond motifs is 4. The van der Waals surface area contributed by atoms with E-state index in [0.717, 1.165) is 48.9 Å². The van der Waals surface area contributed by atoms with Crippen LogP contribution in [0.25, 0.3) is 44.7 Å². The van der Waals surface area contributed by atoms with Gasteiger partial charge < -0.3 is 114 Å². The molecule has 456 valence electrons. The van der Waals surface area contributed by atoms with Crippen LogP contribution in [0.15, 0.2) is 50.6 Å². The van der Waals surface area contributed by atoms with Crippen LogP contribution in [0, 0.1) is 0 Å². The lowest BCUT2D eigenvalue weighted by atomic mass is 10.1. The van der Waals surface area contributed by atoms with Crippen molar-refractivity contribution in [2.45, 2.75) is 98.2 Å². The molecule has 4 aliphatic rings. The summed E-state index contributed by atoms with van der Waals surface area (Å²) in [6.07, 6.45) is -18.7. The van der Waals surface area contributed by atoms with Crippen LogP contribution in [0.4, 0.5) is 23.3 Å². The van der Waals surface area contributed by atoms with Gasteiger partial charge in [0.15, 0.2) is 70.8 Å². The topological polar surface area (TPSA) is 595 Å². The predicted molar refractivity (Wildman–Crippen MR) is 274 cm³/mol. The van der Waals surface area contributed by atoms with Crippen molar-refractivity contribution in [3.63, 3.8) is 0 Å². The first-order valence-electron chi connectivity index (χ1n) is 24.8. The highest BCUT2D eigenvalue weighted by Gasteiger charge is 2.53. The van der Waals surface area contributed by atoms with E-state index in [1.54, 1.807) is 0 Å². The molecule has 41 nitrogen and oxygen atoms in total. The number of anilines is 4. The van der Waals surface area contributed by atoms with Gasteiger partial charge in [0, 0.05) is 0 Å². The van der Waals surface area contributed by atoms with Gasteiger partial charge in [-0.3, -0.25) is 27.4 Å². The minimum atomic E-state index is -5.81. The number of ether oxygens (including phenoxy) is 4. The quantitative estimate of drug-likeness (QED) is 0.0317. The molecule has 85 heavy (non-hydrogen) atoms. The number of imidazole rings is 4. The number of aromatic nitrogens is 16. The third kappa shape index (κ3) is 11.1. The minimum Gasteiger partial charge on any atom is -0.780 e. The number of nitrogen functional groups attached to an aromatic ring is 4. The van der Waals surface area contributed by atoms with Crippen molar-refractivity contribution in [2.75, 3.05) is 49.4 Å². The Morgan fingerprint density at radius 3 is 1.13 bits per heavy atom. The van der Waals surface area contributed by atoms with Crippen LogP contribution in [-0.2, 0) is 67.0 Å². The van der Waals surface area contributed by atoms with E-state index in [1.165, 1.54) is 20.0 Å². The molecule has 0 bridgehead atoms. The molecule has 4 saturated heterocycles. The van der Waals surface area contributed by atoms with Crippen molar-refractivity contribution in [1.29, 1.82) is 0 Å². The Bertz CT molecular complexity index is 3950. The maximum atomic E-state index is 14.0. The van der Waals surface area contributed by atoms with Crippen LogP contribution in [0.1, 0.15) is 24.9 Å². The number of hydrogen-bond acceptors (Lipinski definition) is 38. The van der Waals surface area contributed by atoms with Gasteiger partial charge in [0.2, 0.25) is 0 Å². The summed E-state index contributed by atoms with van der Waals surface area (Å²) in [5, 5.41) is 66.5. The summed E-state index contributed by atoms with van der Waals surface area (Å²) in [6, 6.07) is 0. The Kier molecular flexibility index (Phi) is 15.8. The van der Waals surface area contributed by atoms with E-state index in [2.05, 4.69) is 59.8 Å². The largest absolute Gasteiger partial charge is 0.780 e. The van der Waals surface area contributed by atoms with Gasteiger partial charge in [-0.25, -0.2) is 59.8 Å². The van der Waals surface area contributed by atoms with E-state index in [0.29, 0.717) is 0 Å². The van der Waals surface area contributed by atoms with E-state index in [9.17, 15) is 54.4 Å². The van der Waals surface area contributed by atoms with Crippen molar-refractivity contribution >= 4 is 102 Å². The van der Waals surface area contributed by atoms with Crippen LogP contribution in [-0.4, -0.2) is 208 Å². The normalized spacial score (nSPS) is 32.0. The van der Waals surface area contributed by atoms with Gasteiger partial charge in [0.1, 0.15) is 127 Å². The number of hydrogen-bond donors (Lipinski definition) is 10. The molecule has 0 aliphatic carbocycles. The van der Waals surface area contributed by atoms with Crippen LogP contribution < -0.4 is 37.6 Å². The van der Waals surface area contributed by atoms with Crippen molar-refractivity contribution in [3.05, 3.63) is 50.6 Å². The van der Waals surface area contributed by atoms with E-state index in [-0.39, 0.29) is 67.9 Å². The first-order valence-corrected chi connectivity index (χ1v) is 30.3. The first kappa shape index (κ1) is 59.1. The highest BCUT2D eigenvalue weighted by molar-refractivity contribution is 8.06. The maximum absolute atomic E-state index is 14.0. The molecule has 8 aromatic rings. The third-order valence-corrected chi connectivity index (χ3v) is 17.5. The zero-order valence-corrected chi connectivity index (χ0v) is 46.2. The molecule has 0 spiro atoms. The average Bonchev–Trinajstić information content (AvgIpc) is 1.89. The summed E-state index contributed by atoms with van der Waals surface area (Å²) in [6.45, 7) is -8.65. The molecule has 12 rings (SSSR count). The number of aliphatic hydroxyl groups is 6. The number of nitrogens with zero attached hydrogens (tertiary/aromatic N) is 16. The second-order valence-electron chi connectivity index (χ2n) is 19.2. The van der Waals surface area contributed by atoms with Crippen molar-refractivity contribution in [2.24, 2.45) is 0 Å². The molecule has 0 aromatic carbocycles. The molecule has 19 atom stereocenters. The predicted octanol–water partition coefficient (Wildman–Crippen LogP) is -6.21. The molecule has 45 heteroatoms. The Hall–Kier alpha value is -6.25. The molecule has 4 fully saturated rings. The summed E-state index contributed by atoms with van der Waals surface area (Å²) in [5.74, 6) is -0.242. The van der Waals surface area contributed by atoms with Gasteiger partial charge in [0.05, 0.1) is 51.7 Å². The maximum Gasteiger partial charge on any atom is 0.268 e. The molecule has 14 N–H and O–H groups in total. The Morgan fingerprint density at radius 1 is 0.447 bits per heavy atom. The van der Waals surface area contributed by atoms with Gasteiger partial charge in [-0.1, -0.05) is 11.8 Å². The Morgan fingerprint density at radius 2 is 0.753 bits per heavy atom. The van der Waals surface area contributed by atoms with Gasteiger partial charge in [-0.2, -0.15) is 0 Å². The lowest BCUT2D eigenvalue weighted by Crippen LogP contribution is -2.38. The molecule has 3 unspecified atom stereocenters. The third-order valence-electron chi connectivity index (χ3n) is 14.0. The number of phosphoric acid groups is 2. The summed E-state index contributed by atoms with van der Waals surface area (Å²) < 4.78 is 88.3. The molecule has 0 amide bonds. The second kappa shape index (κ2) is 22.8. The van der Waals surface area contributed by atoms with Crippen molar-refractivity contribution in [3.8, 4) is 0 Å². The number of aliphatic hydroxyl groups excluding tert-OH is 6. The number of nitrogens with two attached hydrogens (primary N) is 4. The van der Waals surface area contributed by atoms with E-state index in [1.807, 2.05) is 0 Å². The van der Waals surface area contributed by atoms with Gasteiger partial charge in [0.25, 0.3) is 15.6 Å². The summed E-state index contributed by atoms with van der Waals surface area (Å²) in [7, 11) is -11.4. The first-order chi connectivity index (χ1) is 40.5. The fourth-order valence-corrected chi connectivity index (χ4v) is 13.2. The number of rotatable bonds is 20. The lowest BCUT2D eigenvalue weighted by Gasteiger charge is -2.34. The molecule has 0 saturated carbocycles. The Balaban J connectivity index is 0.749. The smallest absolute Gasteiger partial charge is 0.268 e. The standard InChI is InChI=1S/C40H49N20O21P3S/c41-29-17-33(49-5-45-29)57(9-53-17)37-25(66)21(62)14(76-37)4-74-84(71,85)81-28-24(65)16(78-40(28)60-12-56-20-32(44)48-8-52-36(20)60)3-73-83(69,70)80-27-23(64)15(77-39(27)59-11-55-19-31(43)47-7-51-35(19)59)2-72-82(67,68)79-26-22(63)13(1-61)75-38(26)58-10-54-18-30(42)46-6-50-34(18)58/h5-16,21-28,37-40,61-66H,1-4H2,(H,67,68)(H,69,70)(H,71,85)(H2,41,45,49)(H2,42,46,50)(H2,43,47,51)(H2,44,48,52)/p-3/t13-,14-,15-,16-,21-,22-,23-,24-,25-,26-,27-,28-,37-,38-,39-,40-,84?/m1/s1. The molecular formula is C40H46N20O21P3S-3. The van der Waals surface area contributed by atoms with Crippen LogP contribution in [0.3, 0.4) is 0 Å². The summed E-state index contributed by atoms with van der Waals surface area (Å²) in [4.78, 5) is 90.2. The van der Waals surface area contributed by atoms with Crippen LogP contribution in [0.5, 0.6) is 0 Å². The molecule has 0 radical (unpaired) electrons. The minimum absolute atomic E-state index is 0.0166. The van der Waals surface area contributed by atoms with E-state index < -0.39 is 147 Å². The van der Waals surface area contributed by atoms with Crippen LogP contribution in [0.2, 0.25) is 0 Å². The second-order valence-corrected chi connectivity index (χ2v) is 24.6. The van der Waals surface area contributed by atoms with Crippen molar-refractivity contribution < 1.29 is 101 Å². The van der Waals surface area contributed by atoms with E-state index in [4.69, 9.17) is 80.8 Å². The molecule has 8 aromatic heterocycles. The lowest BCUT2D eigenvalue weighted by molar-refractivity contribution is -0.238. The van der Waals surface area contributed by atoms with Gasteiger partial charge >= 0.3 is 0 Å². The van der Waals surface area contributed by atoms with Gasteiger partial charge in [-0.05, 0) is 0 Å². The Labute approximate surface area is 477 Å². The van der Waals surface area contributed by atoms with E-state index >= 15 is 0 Å². The van der Waals surface area contributed by atoms with Gasteiger partial charge in [-0.15, -0.1) is 0 Å². The average molecular weight is 1270 g/mol. The monoisotopic (exact) mass is 1270 g/mol. The molecule has 4 aliphatic heterocycles. The zero-order chi connectivity index (χ0) is 60.0. The highest BCUT2D eigenvalue weighted by atomic mass is 32.5. The zero-order valence-electron chi connectivity index (χ0n) is 42.7. The van der Waals surface area contributed by atoms with Crippen LogP contribution >= 0.6 is 22.4 Å². The highest BCUT2D eigenvalue weighted by Crippen LogP contribution is 2.52. The fourth-order valence-electron chi connectivity index (χ4n) is 9.95. The summed E-state index contributed by atoms with van der Waals surface area (Å²) >= 11 is 5.23. The molecule has 12 heterocycles. The molecular weight excluding hydrogens is 1220 g/mol. The fraction of sp³-hybridized carbons (Fsp3) is 0.500. The van der Waals surface area contributed by atoms with Crippen molar-refractivity contribution in [1.82, 2.24) is 78.1 Å². The SMILES string of the molecule is Nc1ncnc2c1ncn2[C@@H]1O[C@H](COP([O-])(=S)O[C@@H]2[C@H](O)[C@@H](COP(=O)([O-])O[C@@H]3[C@H](O)[C@@H](COP(=O)([O-])O[C@@H]4[C@H](O)[C@@H](CO)O[C@H]4n4cnc5c(N)ncnc54)O[C@H]3n3cnc4c(N)ncnc43)O[C@H]2n2cnc3c(N)ncnc32)[C@@H](O)[C@H]1O. The summed E-state index contributed by atoms with van der Waals surface area (Å²) in [5.41, 5.74) is 24.2. The number of phosphoric ester groups is 2.